The van der Waals surface area contributed by atoms with E-state index in [4.69, 9.17) is 20.8 Å². The second kappa shape index (κ2) is 9.61. The van der Waals surface area contributed by atoms with E-state index in [1.54, 1.807) is 13.1 Å². The molecule has 9 heteroatoms. The second-order valence-corrected chi connectivity index (χ2v) is 10.0. The number of oxime groups is 1. The average Bonchev–Trinajstić information content (AvgIpc) is 2.86. The molecule has 0 spiro atoms. The van der Waals surface area contributed by atoms with Crippen LogP contribution in [0.2, 0.25) is 5.02 Å². The molecule has 188 valence electrons. The fourth-order valence-corrected chi connectivity index (χ4v) is 4.95. The summed E-state index contributed by atoms with van der Waals surface area (Å²) in [7, 11) is 2.63. The molecule has 1 aliphatic heterocycles. The van der Waals surface area contributed by atoms with E-state index in [1.807, 2.05) is 81.4 Å². The molecule has 2 N–H and O–H groups in total. The molecule has 3 aromatic carbocycles. The maximum Gasteiger partial charge on any atom is 0.583 e. The van der Waals surface area contributed by atoms with Gasteiger partial charge in [0, 0.05) is 41.4 Å². The molecule has 0 amide bonds. The maximum absolute atomic E-state index is 13.2. The Morgan fingerprint density at radius 1 is 1.11 bits per heavy atom. The van der Waals surface area contributed by atoms with E-state index in [1.165, 1.54) is 0 Å². The number of rotatable bonds is 5. The monoisotopic (exact) mass is 515 g/mol. The van der Waals surface area contributed by atoms with Gasteiger partial charge in [-0.25, -0.2) is 0 Å². The summed E-state index contributed by atoms with van der Waals surface area (Å²) in [6.07, 6.45) is 1.58. The highest BCUT2D eigenvalue weighted by Crippen LogP contribution is 2.36. The number of fused-ring (bicyclic) bond motifs is 2. The molecule has 0 bridgehead atoms. The first-order chi connectivity index (χ1) is 17.6. The molecule has 1 aromatic heterocycles. The van der Waals surface area contributed by atoms with Gasteiger partial charge in [0.1, 0.15) is 5.58 Å². The molecule has 0 unspecified atom stereocenters. The van der Waals surface area contributed by atoms with Gasteiger partial charge in [-0.05, 0) is 67.8 Å². The van der Waals surface area contributed by atoms with Crippen molar-refractivity contribution in [2.45, 2.75) is 26.8 Å². The summed E-state index contributed by atoms with van der Waals surface area (Å²) in [5.41, 5.74) is 7.06. The molecule has 1 atom stereocenters. The van der Waals surface area contributed by atoms with Crippen molar-refractivity contribution in [2.24, 2.45) is 5.16 Å². The van der Waals surface area contributed by atoms with E-state index < -0.39 is 7.12 Å². The largest absolute Gasteiger partial charge is 0.583 e. The molecule has 37 heavy (non-hydrogen) atoms. The van der Waals surface area contributed by atoms with Crippen molar-refractivity contribution in [3.05, 3.63) is 86.0 Å². The lowest BCUT2D eigenvalue weighted by molar-refractivity contribution is 0.286. The van der Waals surface area contributed by atoms with Crippen molar-refractivity contribution in [3.63, 3.8) is 0 Å². The lowest BCUT2D eigenvalue weighted by Crippen LogP contribution is -2.37. The SMILES string of the molecule is Cc1cc([C@H](C)Nc2ccc(Cl)cc2-c2ccc3c(c2)C=NOB3O)c2oc(N(C)C)c(C)c(=O)c2c1. The van der Waals surface area contributed by atoms with Crippen LogP contribution in [0.25, 0.3) is 22.1 Å². The Bertz CT molecular complexity index is 1620. The van der Waals surface area contributed by atoms with Crippen LogP contribution >= 0.6 is 11.6 Å². The third-order valence-corrected chi connectivity index (χ3v) is 6.84. The number of halogens is 1. The minimum absolute atomic E-state index is 0.0313. The van der Waals surface area contributed by atoms with Crippen LogP contribution in [0.4, 0.5) is 11.6 Å². The number of aryl methyl sites for hydroxylation is 1. The molecule has 4 aromatic rings. The Morgan fingerprint density at radius 2 is 1.89 bits per heavy atom. The van der Waals surface area contributed by atoms with Crippen molar-refractivity contribution >= 4 is 52.9 Å². The number of nitrogens with zero attached hydrogens (tertiary/aromatic N) is 2. The van der Waals surface area contributed by atoms with E-state index in [-0.39, 0.29) is 11.5 Å². The molecule has 7 nitrogen and oxygen atoms in total. The minimum atomic E-state index is -1.09. The number of hydrogen-bond donors (Lipinski definition) is 2. The summed E-state index contributed by atoms with van der Waals surface area (Å²) in [6, 6.07) is 15.1. The highest BCUT2D eigenvalue weighted by molar-refractivity contribution is 6.62. The van der Waals surface area contributed by atoms with Gasteiger partial charge in [-0.2, -0.15) is 0 Å². The van der Waals surface area contributed by atoms with Crippen LogP contribution in [0.15, 0.2) is 62.9 Å². The van der Waals surface area contributed by atoms with Crippen molar-refractivity contribution in [3.8, 4) is 11.1 Å². The highest BCUT2D eigenvalue weighted by Gasteiger charge is 2.26. The van der Waals surface area contributed by atoms with Crippen LogP contribution in [0.3, 0.4) is 0 Å². The standard InChI is InChI=1S/C28H27BClN3O4/c1-15-10-21(27-23(11-15)26(34)16(2)28(36-27)33(4)5)17(3)32-25-9-7-20(30)13-22(25)18-6-8-24-19(12-18)14-31-37-29(24)35/h6-14,17,32,35H,1-5H3/t17-/m0/s1. The molecule has 0 saturated carbocycles. The van der Waals surface area contributed by atoms with E-state index in [2.05, 4.69) is 10.5 Å². The summed E-state index contributed by atoms with van der Waals surface area (Å²) < 4.78 is 11.2. The first-order valence-electron chi connectivity index (χ1n) is 12.0. The molecule has 0 radical (unpaired) electrons. The zero-order valence-electron chi connectivity index (χ0n) is 21.3. The number of benzene rings is 3. The molecule has 0 saturated heterocycles. The summed E-state index contributed by atoms with van der Waals surface area (Å²) in [5, 5.41) is 18.6. The van der Waals surface area contributed by atoms with Crippen LogP contribution in [0, 0.1) is 13.8 Å². The quantitative estimate of drug-likeness (QED) is 0.363. The van der Waals surface area contributed by atoms with Crippen LogP contribution in [-0.4, -0.2) is 32.5 Å². The number of anilines is 2. The van der Waals surface area contributed by atoms with Gasteiger partial charge in [0.05, 0.1) is 23.2 Å². The van der Waals surface area contributed by atoms with E-state index in [9.17, 15) is 9.82 Å². The van der Waals surface area contributed by atoms with Gasteiger partial charge >= 0.3 is 7.12 Å². The van der Waals surface area contributed by atoms with Crippen LogP contribution in [0.5, 0.6) is 0 Å². The molecule has 5 rings (SSSR count). The lowest BCUT2D eigenvalue weighted by Gasteiger charge is -2.22. The predicted molar refractivity (Wildman–Crippen MR) is 151 cm³/mol. The Balaban J connectivity index is 1.60. The smallest absolute Gasteiger partial charge is 0.440 e. The minimum Gasteiger partial charge on any atom is -0.440 e. The van der Waals surface area contributed by atoms with Crippen LogP contribution in [0.1, 0.15) is 35.2 Å². The molecule has 0 aliphatic carbocycles. The Labute approximate surface area is 220 Å². The van der Waals surface area contributed by atoms with Gasteiger partial charge in [0.25, 0.3) is 0 Å². The normalized spacial score (nSPS) is 13.3. The van der Waals surface area contributed by atoms with Gasteiger partial charge in [-0.3, -0.25) is 4.79 Å². The lowest BCUT2D eigenvalue weighted by atomic mass is 9.75. The third kappa shape index (κ3) is 4.58. The highest BCUT2D eigenvalue weighted by atomic mass is 35.5. The fraction of sp³-hybridized carbons (Fsp3) is 0.214. The van der Waals surface area contributed by atoms with E-state index in [0.29, 0.717) is 32.9 Å². The summed E-state index contributed by atoms with van der Waals surface area (Å²) in [4.78, 5) is 15.0. The van der Waals surface area contributed by atoms with E-state index in [0.717, 1.165) is 33.5 Å². The van der Waals surface area contributed by atoms with Crippen molar-refractivity contribution in [1.82, 2.24) is 0 Å². The Hall–Kier alpha value is -3.75. The summed E-state index contributed by atoms with van der Waals surface area (Å²) >= 11 is 6.40. The topological polar surface area (TPSA) is 87.3 Å². The maximum atomic E-state index is 13.2. The number of hydrogen-bond acceptors (Lipinski definition) is 7. The zero-order chi connectivity index (χ0) is 26.4. The first kappa shape index (κ1) is 24.9. The first-order valence-corrected chi connectivity index (χ1v) is 12.3. The average molecular weight is 516 g/mol. The van der Waals surface area contributed by atoms with Crippen LogP contribution < -0.4 is 21.1 Å². The molecule has 0 fully saturated rings. The summed E-state index contributed by atoms with van der Waals surface area (Å²) in [5.74, 6) is 0.545. The Morgan fingerprint density at radius 3 is 2.65 bits per heavy atom. The zero-order valence-corrected chi connectivity index (χ0v) is 22.1. The van der Waals surface area contributed by atoms with Gasteiger partial charge in [0.15, 0.2) is 5.43 Å². The van der Waals surface area contributed by atoms with Crippen LogP contribution in [-0.2, 0) is 4.76 Å². The summed E-state index contributed by atoms with van der Waals surface area (Å²) in [6.45, 7) is 5.80. The van der Waals surface area contributed by atoms with Gasteiger partial charge < -0.3 is 24.4 Å². The fourth-order valence-electron chi connectivity index (χ4n) is 4.78. The molecule has 1 aliphatic rings. The van der Waals surface area contributed by atoms with Gasteiger partial charge in [-0.15, -0.1) is 5.16 Å². The molecular weight excluding hydrogens is 489 g/mol. The predicted octanol–water partition coefficient (Wildman–Crippen LogP) is 5.02. The number of nitrogens with one attached hydrogen (secondary N) is 1. The van der Waals surface area contributed by atoms with Crippen molar-refractivity contribution < 1.29 is 14.2 Å². The van der Waals surface area contributed by atoms with Gasteiger partial charge in [0.2, 0.25) is 5.88 Å². The van der Waals surface area contributed by atoms with E-state index >= 15 is 0 Å². The van der Waals surface area contributed by atoms with Crippen molar-refractivity contribution in [1.29, 1.82) is 0 Å². The molecular formula is C28H27BClN3O4. The third-order valence-electron chi connectivity index (χ3n) is 6.61. The van der Waals surface area contributed by atoms with Crippen molar-refractivity contribution in [2.75, 3.05) is 24.3 Å². The Kier molecular flexibility index (Phi) is 6.48. The van der Waals surface area contributed by atoms with Gasteiger partial charge in [-0.1, -0.05) is 29.8 Å². The molecule has 2 heterocycles. The second-order valence-electron chi connectivity index (χ2n) is 9.58.